The molecule has 6 heteroatoms. The monoisotopic (exact) mass is 438 g/mol. The minimum absolute atomic E-state index is 0.119. The molecule has 0 bridgehead atoms. The predicted octanol–water partition coefficient (Wildman–Crippen LogP) is 5.38. The van der Waals surface area contributed by atoms with Gasteiger partial charge in [0.15, 0.2) is 0 Å². The number of rotatable bonds is 5. The van der Waals surface area contributed by atoms with Crippen molar-refractivity contribution in [2.45, 2.75) is 0 Å². The van der Waals surface area contributed by atoms with Crippen LogP contribution in [-0.2, 0) is 9.59 Å². The lowest BCUT2D eigenvalue weighted by molar-refractivity contribution is -0.120. The number of carbonyl (C=O) groups excluding carboxylic acids is 2. The summed E-state index contributed by atoms with van der Waals surface area (Å²) in [7, 11) is 1.48. The Morgan fingerprint density at radius 2 is 1.48 bits per heavy atom. The number of fused-ring (bicyclic) bond motifs is 1. The fraction of sp³-hybridized carbons (Fsp3) is 0.0370. The zero-order valence-corrected chi connectivity index (χ0v) is 17.7. The lowest BCUT2D eigenvalue weighted by atomic mass is 10.0. The van der Waals surface area contributed by atoms with E-state index in [0.29, 0.717) is 22.7 Å². The lowest BCUT2D eigenvalue weighted by Crippen LogP contribution is -2.32. The predicted molar refractivity (Wildman–Crippen MR) is 126 cm³/mol. The van der Waals surface area contributed by atoms with E-state index >= 15 is 0 Å². The van der Waals surface area contributed by atoms with E-state index < -0.39 is 17.6 Å². The number of amides is 2. The van der Waals surface area contributed by atoms with Gasteiger partial charge in [-0.25, -0.2) is 9.29 Å². The summed E-state index contributed by atoms with van der Waals surface area (Å²) >= 11 is 0. The maximum atomic E-state index is 13.6. The fourth-order valence-electron chi connectivity index (χ4n) is 4.03. The molecule has 0 unspecified atom stereocenters. The SMILES string of the molecule is COc1ccccc1N1C(=O)C(Nc2cccc3ccccc23)=C(c2ccc(F)cc2)C1=O. The first-order valence-corrected chi connectivity index (χ1v) is 10.4. The Kier molecular flexibility index (Phi) is 5.11. The van der Waals surface area contributed by atoms with E-state index in [0.717, 1.165) is 15.7 Å². The van der Waals surface area contributed by atoms with E-state index in [1.165, 1.54) is 31.4 Å². The van der Waals surface area contributed by atoms with Crippen LogP contribution in [0.1, 0.15) is 5.56 Å². The Labute approximate surface area is 189 Å². The Hall–Kier alpha value is -4.45. The number of carbonyl (C=O) groups is 2. The van der Waals surface area contributed by atoms with Gasteiger partial charge in [-0.05, 0) is 41.3 Å². The van der Waals surface area contributed by atoms with Crippen LogP contribution in [0.5, 0.6) is 5.75 Å². The third-order valence-electron chi connectivity index (χ3n) is 5.59. The third-order valence-corrected chi connectivity index (χ3v) is 5.59. The van der Waals surface area contributed by atoms with Crippen molar-refractivity contribution in [1.82, 2.24) is 0 Å². The molecular weight excluding hydrogens is 419 g/mol. The van der Waals surface area contributed by atoms with Gasteiger partial charge in [0.2, 0.25) is 0 Å². The van der Waals surface area contributed by atoms with Crippen LogP contribution in [0.4, 0.5) is 15.8 Å². The summed E-state index contributed by atoms with van der Waals surface area (Å²) in [6.45, 7) is 0. The number of nitrogens with zero attached hydrogens (tertiary/aromatic N) is 1. The molecule has 0 spiro atoms. The third kappa shape index (κ3) is 3.51. The molecule has 0 saturated heterocycles. The van der Waals surface area contributed by atoms with Crippen molar-refractivity contribution >= 4 is 39.5 Å². The van der Waals surface area contributed by atoms with Gasteiger partial charge in [0.1, 0.15) is 17.3 Å². The molecule has 162 valence electrons. The Morgan fingerprint density at radius 1 is 0.788 bits per heavy atom. The highest BCUT2D eigenvalue weighted by molar-refractivity contribution is 6.46. The molecule has 5 rings (SSSR count). The molecular formula is C27H19FN2O3. The highest BCUT2D eigenvalue weighted by Gasteiger charge is 2.41. The highest BCUT2D eigenvalue weighted by atomic mass is 19.1. The van der Waals surface area contributed by atoms with Crippen LogP contribution in [0, 0.1) is 5.82 Å². The van der Waals surface area contributed by atoms with E-state index in [2.05, 4.69) is 5.32 Å². The second-order valence-electron chi connectivity index (χ2n) is 7.53. The Balaban J connectivity index is 1.67. The molecule has 1 aliphatic rings. The first-order chi connectivity index (χ1) is 16.1. The number of hydrogen-bond acceptors (Lipinski definition) is 4. The Bertz CT molecular complexity index is 1420. The zero-order chi connectivity index (χ0) is 22.9. The molecule has 0 atom stereocenters. The normalized spacial score (nSPS) is 13.7. The van der Waals surface area contributed by atoms with Crippen LogP contribution < -0.4 is 15.0 Å². The number of hydrogen-bond donors (Lipinski definition) is 1. The average molecular weight is 438 g/mol. The van der Waals surface area contributed by atoms with Gasteiger partial charge in [0.05, 0.1) is 18.4 Å². The van der Waals surface area contributed by atoms with Crippen molar-refractivity contribution < 1.29 is 18.7 Å². The lowest BCUT2D eigenvalue weighted by Gasteiger charge is -2.18. The highest BCUT2D eigenvalue weighted by Crippen LogP contribution is 2.38. The number of anilines is 2. The molecule has 0 fully saturated rings. The molecule has 2 amide bonds. The van der Waals surface area contributed by atoms with Gasteiger partial charge in [-0.3, -0.25) is 9.59 Å². The number of methoxy groups -OCH3 is 1. The van der Waals surface area contributed by atoms with Crippen LogP contribution in [0.3, 0.4) is 0 Å². The van der Waals surface area contributed by atoms with Crippen molar-refractivity contribution in [3.05, 3.63) is 108 Å². The summed E-state index contributed by atoms with van der Waals surface area (Å²) < 4.78 is 19.0. The summed E-state index contributed by atoms with van der Waals surface area (Å²) in [5.41, 5.74) is 1.75. The zero-order valence-electron chi connectivity index (χ0n) is 17.7. The number of imide groups is 1. The maximum absolute atomic E-state index is 13.6. The van der Waals surface area contributed by atoms with Crippen molar-refractivity contribution in [3.63, 3.8) is 0 Å². The van der Waals surface area contributed by atoms with Crippen LogP contribution in [-0.4, -0.2) is 18.9 Å². The second kappa shape index (κ2) is 8.24. The quantitative estimate of drug-likeness (QED) is 0.425. The van der Waals surface area contributed by atoms with Crippen LogP contribution in [0.2, 0.25) is 0 Å². The fourth-order valence-corrected chi connectivity index (χ4v) is 4.03. The molecule has 0 radical (unpaired) electrons. The largest absolute Gasteiger partial charge is 0.495 e. The van der Waals surface area contributed by atoms with Crippen LogP contribution in [0.25, 0.3) is 16.3 Å². The van der Waals surface area contributed by atoms with Gasteiger partial charge < -0.3 is 10.1 Å². The minimum atomic E-state index is -0.517. The Morgan fingerprint density at radius 3 is 2.27 bits per heavy atom. The van der Waals surface area contributed by atoms with E-state index in [1.54, 1.807) is 24.3 Å². The molecule has 1 aliphatic heterocycles. The summed E-state index contributed by atoms with van der Waals surface area (Å²) in [6.07, 6.45) is 0. The van der Waals surface area contributed by atoms with Crippen molar-refractivity contribution in [2.24, 2.45) is 0 Å². The van der Waals surface area contributed by atoms with Gasteiger partial charge in [-0.15, -0.1) is 0 Å². The van der Waals surface area contributed by atoms with Gasteiger partial charge in [-0.1, -0.05) is 60.7 Å². The molecule has 4 aromatic carbocycles. The number of halogens is 1. The molecule has 1 N–H and O–H groups in total. The molecule has 0 saturated carbocycles. The molecule has 1 heterocycles. The summed E-state index contributed by atoms with van der Waals surface area (Å²) in [5.74, 6) is -1.07. The van der Waals surface area contributed by atoms with Gasteiger partial charge in [-0.2, -0.15) is 0 Å². The molecule has 33 heavy (non-hydrogen) atoms. The molecule has 4 aromatic rings. The standard InChI is InChI=1S/C27H19FN2O3/c1-33-23-12-5-4-11-22(23)30-26(31)24(18-13-15-19(28)16-14-18)25(27(30)32)29-21-10-6-8-17-7-2-3-9-20(17)21/h2-16,29H,1H3. The smallest absolute Gasteiger partial charge is 0.282 e. The van der Waals surface area contributed by atoms with Crippen LogP contribution >= 0.6 is 0 Å². The number of benzene rings is 4. The number of nitrogens with one attached hydrogen (secondary N) is 1. The van der Waals surface area contributed by atoms with Gasteiger partial charge >= 0.3 is 0 Å². The van der Waals surface area contributed by atoms with Crippen molar-refractivity contribution in [2.75, 3.05) is 17.3 Å². The average Bonchev–Trinajstić information content (AvgIpc) is 3.09. The maximum Gasteiger partial charge on any atom is 0.282 e. The molecule has 0 aromatic heterocycles. The van der Waals surface area contributed by atoms with E-state index in [-0.39, 0.29) is 11.3 Å². The summed E-state index contributed by atoms with van der Waals surface area (Å²) in [5, 5.41) is 5.09. The van der Waals surface area contributed by atoms with Gasteiger partial charge in [0.25, 0.3) is 11.8 Å². The molecule has 5 nitrogen and oxygen atoms in total. The van der Waals surface area contributed by atoms with Gasteiger partial charge in [0, 0.05) is 11.1 Å². The summed E-state index contributed by atoms with van der Waals surface area (Å²) in [4.78, 5) is 28.3. The van der Waals surface area contributed by atoms with Crippen molar-refractivity contribution in [1.29, 1.82) is 0 Å². The minimum Gasteiger partial charge on any atom is -0.495 e. The number of para-hydroxylation sites is 2. The topological polar surface area (TPSA) is 58.6 Å². The second-order valence-corrected chi connectivity index (χ2v) is 7.53. The number of ether oxygens (including phenoxy) is 1. The van der Waals surface area contributed by atoms with Crippen LogP contribution in [0.15, 0.2) is 96.7 Å². The first kappa shape index (κ1) is 20.5. The van der Waals surface area contributed by atoms with E-state index in [1.807, 2.05) is 42.5 Å². The molecule has 0 aliphatic carbocycles. The summed E-state index contributed by atoms with van der Waals surface area (Å²) in [6, 6.07) is 25.8. The first-order valence-electron chi connectivity index (χ1n) is 10.4. The van der Waals surface area contributed by atoms with Crippen molar-refractivity contribution in [3.8, 4) is 5.75 Å². The van der Waals surface area contributed by atoms with E-state index in [9.17, 15) is 14.0 Å². The van der Waals surface area contributed by atoms with E-state index in [4.69, 9.17) is 4.74 Å².